The van der Waals surface area contributed by atoms with E-state index >= 15 is 0 Å². The molecule has 0 radical (unpaired) electrons. The lowest BCUT2D eigenvalue weighted by molar-refractivity contribution is 0.344. The molecule has 0 fully saturated rings. The molecule has 0 atom stereocenters. The Morgan fingerprint density at radius 3 is 2.97 bits per heavy atom. The second-order valence-corrected chi connectivity index (χ2v) is 7.96. The summed E-state index contributed by atoms with van der Waals surface area (Å²) >= 11 is 1.67. The number of rotatable bonds is 3. The van der Waals surface area contributed by atoms with E-state index in [9.17, 15) is 0 Å². The smallest absolute Gasteiger partial charge is 0.129 e. The van der Waals surface area contributed by atoms with Crippen molar-refractivity contribution in [1.29, 1.82) is 0 Å². The van der Waals surface area contributed by atoms with E-state index in [0.717, 1.165) is 59.4 Å². The summed E-state index contributed by atoms with van der Waals surface area (Å²) in [5.41, 5.74) is 5.04. The molecule has 0 spiro atoms. The molecule has 0 aliphatic rings. The van der Waals surface area contributed by atoms with Crippen LogP contribution in [0.3, 0.4) is 0 Å². The number of aromatic amines is 1. The van der Waals surface area contributed by atoms with Crippen molar-refractivity contribution >= 4 is 48.7 Å². The van der Waals surface area contributed by atoms with E-state index in [-0.39, 0.29) is 0 Å². The predicted molar refractivity (Wildman–Crippen MR) is 117 cm³/mol. The quantitative estimate of drug-likeness (QED) is 0.436. The van der Waals surface area contributed by atoms with Crippen molar-refractivity contribution in [1.82, 2.24) is 24.8 Å². The molecule has 4 aromatic heterocycles. The Morgan fingerprint density at radius 1 is 1.14 bits per heavy atom. The van der Waals surface area contributed by atoms with Gasteiger partial charge in [0.25, 0.3) is 0 Å². The Bertz CT molecular complexity index is 1540. The molecule has 0 unspecified atom stereocenters. The van der Waals surface area contributed by atoms with Crippen LogP contribution in [0.4, 0.5) is 0 Å². The summed E-state index contributed by atoms with van der Waals surface area (Å²) in [5.74, 6) is 0.853. The molecule has 0 bridgehead atoms. The highest BCUT2D eigenvalue weighted by molar-refractivity contribution is 7.22. The van der Waals surface area contributed by atoms with E-state index in [1.54, 1.807) is 11.3 Å². The average molecular weight is 399 g/mol. The van der Waals surface area contributed by atoms with E-state index in [0.29, 0.717) is 6.61 Å². The van der Waals surface area contributed by atoms with Crippen molar-refractivity contribution in [3.63, 3.8) is 0 Å². The molecule has 6 rings (SSSR count). The van der Waals surface area contributed by atoms with E-state index in [2.05, 4.69) is 27.4 Å². The number of aromatic nitrogens is 5. The van der Waals surface area contributed by atoms with Crippen molar-refractivity contribution in [2.75, 3.05) is 6.61 Å². The number of pyridine rings is 1. The van der Waals surface area contributed by atoms with Gasteiger partial charge in [-0.3, -0.25) is 5.10 Å². The highest BCUT2D eigenvalue weighted by Crippen LogP contribution is 2.43. The summed E-state index contributed by atoms with van der Waals surface area (Å²) < 4.78 is 8.96. The summed E-state index contributed by atoms with van der Waals surface area (Å²) in [6.45, 7) is 4.64. The van der Waals surface area contributed by atoms with E-state index in [1.807, 2.05) is 55.0 Å². The third-order valence-electron chi connectivity index (χ3n) is 5.28. The number of nitrogens with zero attached hydrogens (tertiary/aromatic N) is 4. The third-order valence-corrected chi connectivity index (χ3v) is 6.37. The number of H-pyrrole nitrogens is 1. The Balaban J connectivity index is 1.77. The van der Waals surface area contributed by atoms with Crippen molar-refractivity contribution in [3.8, 4) is 16.3 Å². The Morgan fingerprint density at radius 2 is 2.07 bits per heavy atom. The van der Waals surface area contributed by atoms with Gasteiger partial charge in [-0.2, -0.15) is 10.2 Å². The average Bonchev–Trinajstić information content (AvgIpc) is 3.43. The van der Waals surface area contributed by atoms with Crippen LogP contribution in [0, 0.1) is 6.92 Å². The normalized spacial score (nSPS) is 11.9. The number of nitrogens with one attached hydrogen (secondary N) is 1. The zero-order valence-electron chi connectivity index (χ0n) is 15.9. The van der Waals surface area contributed by atoms with E-state index in [1.165, 1.54) is 0 Å². The molecule has 142 valence electrons. The van der Waals surface area contributed by atoms with Crippen molar-refractivity contribution in [2.24, 2.45) is 0 Å². The number of hydrogen-bond donors (Lipinski definition) is 1. The zero-order valence-corrected chi connectivity index (χ0v) is 16.7. The number of aryl methyl sites for hydroxylation is 1. The maximum absolute atomic E-state index is 5.96. The fraction of sp³-hybridized carbons (Fsp3) is 0.136. The number of hydrogen-bond acceptors (Lipinski definition) is 5. The number of ether oxygens (including phenoxy) is 1. The van der Waals surface area contributed by atoms with Crippen LogP contribution in [0.15, 0.2) is 48.8 Å². The second kappa shape index (κ2) is 6.02. The maximum Gasteiger partial charge on any atom is 0.129 e. The highest BCUT2D eigenvalue weighted by Gasteiger charge is 2.21. The van der Waals surface area contributed by atoms with Gasteiger partial charge in [0.2, 0.25) is 0 Å². The lowest BCUT2D eigenvalue weighted by Gasteiger charge is -2.08. The molecular formula is C22H17N5OS. The minimum Gasteiger partial charge on any atom is -0.493 e. The monoisotopic (exact) mass is 399 g/mol. The maximum atomic E-state index is 5.96. The minimum absolute atomic E-state index is 0.605. The lowest BCUT2D eigenvalue weighted by Crippen LogP contribution is -1.93. The molecule has 0 amide bonds. The van der Waals surface area contributed by atoms with Gasteiger partial charge in [0.1, 0.15) is 10.8 Å². The van der Waals surface area contributed by atoms with Crippen LogP contribution in [0.2, 0.25) is 0 Å². The number of benzene rings is 2. The highest BCUT2D eigenvalue weighted by atomic mass is 32.1. The van der Waals surface area contributed by atoms with Crippen LogP contribution >= 0.6 is 11.3 Å². The largest absolute Gasteiger partial charge is 0.493 e. The molecule has 6 aromatic rings. The predicted octanol–water partition coefficient (Wildman–Crippen LogP) is 5.35. The van der Waals surface area contributed by atoms with Crippen LogP contribution in [0.25, 0.3) is 48.0 Å². The van der Waals surface area contributed by atoms with Gasteiger partial charge in [0.15, 0.2) is 0 Å². The van der Waals surface area contributed by atoms with Gasteiger partial charge in [-0.25, -0.2) is 9.50 Å². The van der Waals surface area contributed by atoms with Gasteiger partial charge >= 0.3 is 0 Å². The fourth-order valence-electron chi connectivity index (χ4n) is 4.09. The molecule has 6 nitrogen and oxygen atoms in total. The first-order valence-electron chi connectivity index (χ1n) is 9.51. The second-order valence-electron chi connectivity index (χ2n) is 6.96. The van der Waals surface area contributed by atoms with Crippen LogP contribution in [0.1, 0.15) is 12.6 Å². The van der Waals surface area contributed by atoms with Crippen molar-refractivity contribution < 1.29 is 4.74 Å². The van der Waals surface area contributed by atoms with Crippen LogP contribution in [-0.4, -0.2) is 31.4 Å². The first kappa shape index (κ1) is 16.5. The van der Waals surface area contributed by atoms with Gasteiger partial charge in [-0.15, -0.1) is 11.3 Å². The topological polar surface area (TPSA) is 68.1 Å². The molecule has 2 aromatic carbocycles. The minimum atomic E-state index is 0.605. The van der Waals surface area contributed by atoms with E-state index in [4.69, 9.17) is 9.72 Å². The Labute approximate surface area is 169 Å². The molecule has 0 saturated heterocycles. The summed E-state index contributed by atoms with van der Waals surface area (Å²) in [5, 5.41) is 16.3. The Hall–Kier alpha value is -3.45. The van der Waals surface area contributed by atoms with E-state index < -0.39 is 0 Å². The van der Waals surface area contributed by atoms with Crippen LogP contribution < -0.4 is 4.74 Å². The molecule has 1 N–H and O–H groups in total. The van der Waals surface area contributed by atoms with Crippen molar-refractivity contribution in [2.45, 2.75) is 13.8 Å². The standard InChI is InChI=1S/C22H17N5OS/c1-3-28-16-9-6-7-13-14-11-23-25-19(14)21-20(18(13)16)24-22(29-21)17-12(2)26-27-10-5-4-8-15(17)27/h4-11H,3H2,1-2H3,(H,23,25). The molecular weight excluding hydrogens is 382 g/mol. The molecule has 29 heavy (non-hydrogen) atoms. The van der Waals surface area contributed by atoms with Gasteiger partial charge in [-0.05, 0) is 37.4 Å². The van der Waals surface area contributed by atoms with Crippen LogP contribution in [0.5, 0.6) is 5.75 Å². The van der Waals surface area contributed by atoms with Crippen LogP contribution in [-0.2, 0) is 0 Å². The first-order chi connectivity index (χ1) is 14.3. The first-order valence-corrected chi connectivity index (χ1v) is 10.3. The Kier molecular flexibility index (Phi) is 3.43. The third kappa shape index (κ3) is 2.25. The van der Waals surface area contributed by atoms with Gasteiger partial charge in [0.05, 0.1) is 50.7 Å². The molecule has 0 aliphatic carbocycles. The number of thiazole rings is 1. The van der Waals surface area contributed by atoms with Gasteiger partial charge in [-0.1, -0.05) is 18.2 Å². The van der Waals surface area contributed by atoms with Gasteiger partial charge < -0.3 is 4.74 Å². The summed E-state index contributed by atoms with van der Waals surface area (Å²) in [4.78, 5) is 5.10. The van der Waals surface area contributed by atoms with Crippen molar-refractivity contribution in [3.05, 3.63) is 54.5 Å². The van der Waals surface area contributed by atoms with Gasteiger partial charge in [0, 0.05) is 11.6 Å². The molecule has 0 saturated carbocycles. The zero-order chi connectivity index (χ0) is 19.5. The summed E-state index contributed by atoms with van der Waals surface area (Å²) in [6, 6.07) is 12.2. The summed E-state index contributed by atoms with van der Waals surface area (Å²) in [7, 11) is 0. The molecule has 4 heterocycles. The lowest BCUT2D eigenvalue weighted by atomic mass is 10.0. The fourth-order valence-corrected chi connectivity index (χ4v) is 5.27. The number of fused-ring (bicyclic) bond motifs is 7. The SMILES string of the molecule is CCOc1cccc2c3cn[nH]c3c3sc(-c4c(C)nn5ccccc45)nc3c12. The molecule has 7 heteroatoms. The molecule has 0 aliphatic heterocycles. The summed E-state index contributed by atoms with van der Waals surface area (Å²) in [6.07, 6.45) is 3.85.